The molecule has 0 aliphatic carbocycles. The molecule has 0 saturated carbocycles. The fourth-order valence-electron chi connectivity index (χ4n) is 7.04. The molecule has 0 bridgehead atoms. The average molecular weight is 699 g/mol. The molecule has 0 aliphatic rings. The van der Waals surface area contributed by atoms with Crippen LogP contribution >= 0.6 is 0 Å². The molecule has 53 heavy (non-hydrogen) atoms. The van der Waals surface area contributed by atoms with Crippen LogP contribution in [0.25, 0.3) is 72.4 Å². The Hall–Kier alpha value is -5.75. The maximum Gasteiger partial charge on any atom is 0.200 e. The third-order valence-corrected chi connectivity index (χ3v) is 10.1. The number of pyridine rings is 2. The largest absolute Gasteiger partial charge is 0.507 e. The number of para-hydroxylation sites is 1. The summed E-state index contributed by atoms with van der Waals surface area (Å²) >= 11 is 0. The van der Waals surface area contributed by atoms with Crippen molar-refractivity contribution in [2.75, 3.05) is 0 Å². The molecule has 0 saturated heterocycles. The second-order valence-corrected chi connectivity index (χ2v) is 17.2. The number of hydrogen-bond donors (Lipinski definition) is 1. The van der Waals surface area contributed by atoms with E-state index in [1.54, 1.807) is 6.07 Å². The molecule has 0 atom stereocenters. The standard InChI is InChI=1S/C47H46N4O2/c1-45(2,3)30-20-22-37-34(23-30)41-38(51(37)40-25-31(46(4,5)6)24-36(49-40)32-17-13-14-18-39(32)52)26-33(42-43(41)53-44(50-42)47(7,8)9)35-21-19-29(27-48-35)28-15-11-10-12-16-28/h10-27,52H,1-9H3. The van der Waals surface area contributed by atoms with Crippen molar-refractivity contribution >= 4 is 32.9 Å². The summed E-state index contributed by atoms with van der Waals surface area (Å²) in [5.74, 6) is 1.62. The molecule has 8 aromatic rings. The maximum atomic E-state index is 11.0. The molecule has 1 N–H and O–H groups in total. The molecule has 6 nitrogen and oxygen atoms in total. The molecule has 4 aromatic carbocycles. The van der Waals surface area contributed by atoms with Crippen molar-refractivity contribution in [1.82, 2.24) is 19.5 Å². The Kier molecular flexibility index (Phi) is 7.88. The van der Waals surface area contributed by atoms with Gasteiger partial charge in [0.05, 0.1) is 27.8 Å². The van der Waals surface area contributed by atoms with Crippen molar-refractivity contribution in [2.24, 2.45) is 0 Å². The first-order valence-electron chi connectivity index (χ1n) is 18.3. The normalized spacial score (nSPS) is 12.7. The Bertz CT molecular complexity index is 2660. The van der Waals surface area contributed by atoms with Crippen molar-refractivity contribution in [1.29, 1.82) is 0 Å². The average Bonchev–Trinajstić information content (AvgIpc) is 3.71. The zero-order chi connectivity index (χ0) is 37.4. The summed E-state index contributed by atoms with van der Waals surface area (Å²) in [5.41, 5.74) is 10.5. The molecule has 4 heterocycles. The summed E-state index contributed by atoms with van der Waals surface area (Å²) in [6, 6.07) is 35.1. The SMILES string of the molecule is CC(C)(C)c1cc(-c2ccccc2O)nc(-n2c3ccc(C(C)(C)C)cc3c3c4oc(C(C)(C)C)nc4c(-c4ccc(-c5ccccc5)cn4)cc32)c1. The van der Waals surface area contributed by atoms with Gasteiger partial charge in [-0.3, -0.25) is 9.55 Å². The molecule has 4 aromatic heterocycles. The van der Waals surface area contributed by atoms with E-state index in [4.69, 9.17) is 19.4 Å². The zero-order valence-electron chi connectivity index (χ0n) is 32.0. The van der Waals surface area contributed by atoms with E-state index in [9.17, 15) is 5.11 Å². The number of benzene rings is 4. The van der Waals surface area contributed by atoms with Crippen LogP contribution in [0.4, 0.5) is 0 Å². The first-order chi connectivity index (χ1) is 25.1. The van der Waals surface area contributed by atoms with Crippen molar-refractivity contribution in [2.45, 2.75) is 78.6 Å². The summed E-state index contributed by atoms with van der Waals surface area (Å²) in [6.07, 6.45) is 1.93. The second kappa shape index (κ2) is 12.2. The van der Waals surface area contributed by atoms with Crippen LogP contribution in [-0.4, -0.2) is 24.6 Å². The number of phenols is 1. The van der Waals surface area contributed by atoms with Gasteiger partial charge in [0.25, 0.3) is 0 Å². The summed E-state index contributed by atoms with van der Waals surface area (Å²) in [7, 11) is 0. The molecule has 0 fully saturated rings. The fraction of sp³-hybridized carbons (Fsp3) is 0.255. The number of oxazole rings is 1. The minimum atomic E-state index is -0.322. The summed E-state index contributed by atoms with van der Waals surface area (Å²) < 4.78 is 9.11. The molecular formula is C47H46N4O2. The van der Waals surface area contributed by atoms with Gasteiger partial charge in [-0.1, -0.05) is 117 Å². The van der Waals surface area contributed by atoms with Gasteiger partial charge in [0.15, 0.2) is 5.58 Å². The summed E-state index contributed by atoms with van der Waals surface area (Å²) in [4.78, 5) is 15.5. The van der Waals surface area contributed by atoms with E-state index in [0.29, 0.717) is 17.1 Å². The van der Waals surface area contributed by atoms with Crippen LogP contribution in [0, 0.1) is 0 Å². The first kappa shape index (κ1) is 34.3. The number of aromatic nitrogens is 4. The van der Waals surface area contributed by atoms with Crippen LogP contribution < -0.4 is 0 Å². The van der Waals surface area contributed by atoms with E-state index in [0.717, 1.165) is 66.7 Å². The van der Waals surface area contributed by atoms with Gasteiger partial charge in [-0.05, 0) is 76.1 Å². The van der Waals surface area contributed by atoms with Crippen LogP contribution in [0.15, 0.2) is 114 Å². The topological polar surface area (TPSA) is 77.0 Å². The van der Waals surface area contributed by atoms with E-state index in [-0.39, 0.29) is 22.0 Å². The minimum Gasteiger partial charge on any atom is -0.507 e. The third-order valence-electron chi connectivity index (χ3n) is 10.1. The Morgan fingerprint density at radius 3 is 1.96 bits per heavy atom. The predicted octanol–water partition coefficient (Wildman–Crippen LogP) is 12.3. The monoisotopic (exact) mass is 698 g/mol. The minimum absolute atomic E-state index is 0.0769. The molecule has 266 valence electrons. The van der Waals surface area contributed by atoms with E-state index < -0.39 is 0 Å². The highest BCUT2D eigenvalue weighted by Crippen LogP contribution is 2.44. The molecular weight excluding hydrogens is 653 g/mol. The predicted molar refractivity (Wildman–Crippen MR) is 218 cm³/mol. The van der Waals surface area contributed by atoms with Gasteiger partial charge < -0.3 is 9.52 Å². The smallest absolute Gasteiger partial charge is 0.200 e. The number of hydrogen-bond acceptors (Lipinski definition) is 5. The van der Waals surface area contributed by atoms with Gasteiger partial charge in [-0.25, -0.2) is 9.97 Å². The second-order valence-electron chi connectivity index (χ2n) is 17.2. The Labute approximate surface area is 311 Å². The molecule has 6 heteroatoms. The number of phenolic OH excluding ortho intramolecular Hbond substituents is 1. The third kappa shape index (κ3) is 6.06. The molecule has 0 unspecified atom stereocenters. The number of fused-ring (bicyclic) bond motifs is 5. The lowest BCUT2D eigenvalue weighted by atomic mass is 9.86. The maximum absolute atomic E-state index is 11.0. The van der Waals surface area contributed by atoms with Crippen molar-refractivity contribution in [3.8, 4) is 45.2 Å². The van der Waals surface area contributed by atoms with Gasteiger partial charge in [0.2, 0.25) is 5.89 Å². The van der Waals surface area contributed by atoms with E-state index >= 15 is 0 Å². The van der Waals surface area contributed by atoms with Gasteiger partial charge >= 0.3 is 0 Å². The van der Waals surface area contributed by atoms with E-state index in [1.807, 2.05) is 42.6 Å². The number of nitrogens with zero attached hydrogens (tertiary/aromatic N) is 4. The lowest BCUT2D eigenvalue weighted by Crippen LogP contribution is -2.13. The van der Waals surface area contributed by atoms with Gasteiger partial charge in [0.1, 0.15) is 17.1 Å². The number of rotatable bonds is 4. The van der Waals surface area contributed by atoms with Crippen molar-refractivity contribution in [3.63, 3.8) is 0 Å². The molecule has 8 rings (SSSR count). The zero-order valence-corrected chi connectivity index (χ0v) is 32.0. The Balaban J connectivity index is 1.50. The number of aromatic hydroxyl groups is 1. The first-order valence-corrected chi connectivity index (χ1v) is 18.3. The van der Waals surface area contributed by atoms with Crippen LogP contribution in [-0.2, 0) is 16.2 Å². The van der Waals surface area contributed by atoms with E-state index in [1.165, 1.54) is 5.56 Å². The molecule has 0 spiro atoms. The van der Waals surface area contributed by atoms with Crippen LogP contribution in [0.2, 0.25) is 0 Å². The molecule has 0 aliphatic heterocycles. The lowest BCUT2D eigenvalue weighted by Gasteiger charge is -2.22. The van der Waals surface area contributed by atoms with Crippen molar-refractivity contribution < 1.29 is 9.52 Å². The summed E-state index contributed by atoms with van der Waals surface area (Å²) in [6.45, 7) is 19.7. The van der Waals surface area contributed by atoms with Crippen LogP contribution in [0.3, 0.4) is 0 Å². The van der Waals surface area contributed by atoms with Crippen LogP contribution in [0.1, 0.15) is 79.3 Å². The molecule has 0 amide bonds. The summed E-state index contributed by atoms with van der Waals surface area (Å²) in [5, 5.41) is 13.1. The van der Waals surface area contributed by atoms with Crippen molar-refractivity contribution in [3.05, 3.63) is 126 Å². The quantitative estimate of drug-likeness (QED) is 0.198. The Morgan fingerprint density at radius 1 is 0.585 bits per heavy atom. The highest BCUT2D eigenvalue weighted by atomic mass is 16.3. The Morgan fingerprint density at radius 2 is 1.30 bits per heavy atom. The fourth-order valence-corrected chi connectivity index (χ4v) is 7.04. The van der Waals surface area contributed by atoms with Gasteiger partial charge in [-0.2, -0.15) is 0 Å². The lowest BCUT2D eigenvalue weighted by molar-refractivity contribution is 0.412. The van der Waals surface area contributed by atoms with Gasteiger partial charge in [0, 0.05) is 33.7 Å². The highest BCUT2D eigenvalue weighted by Gasteiger charge is 2.29. The van der Waals surface area contributed by atoms with E-state index in [2.05, 4.69) is 128 Å². The van der Waals surface area contributed by atoms with Crippen LogP contribution in [0.5, 0.6) is 5.75 Å². The highest BCUT2D eigenvalue weighted by molar-refractivity contribution is 6.21. The molecule has 0 radical (unpaired) electrons. The van der Waals surface area contributed by atoms with Gasteiger partial charge in [-0.15, -0.1) is 0 Å².